The van der Waals surface area contributed by atoms with E-state index in [1.807, 2.05) is 6.92 Å². The summed E-state index contributed by atoms with van der Waals surface area (Å²) in [5, 5.41) is 1.42. The zero-order valence-electron chi connectivity index (χ0n) is 11.8. The van der Waals surface area contributed by atoms with Gasteiger partial charge in [0.15, 0.2) is 0 Å². The van der Waals surface area contributed by atoms with Crippen molar-refractivity contribution in [3.05, 3.63) is 46.4 Å². The first-order valence-corrected chi connectivity index (χ1v) is 7.68. The molecule has 0 N–H and O–H groups in total. The van der Waals surface area contributed by atoms with Gasteiger partial charge in [-0.3, -0.25) is 4.57 Å². The van der Waals surface area contributed by atoms with Gasteiger partial charge in [0, 0.05) is 23.0 Å². The fourth-order valence-electron chi connectivity index (χ4n) is 2.37. The van der Waals surface area contributed by atoms with Gasteiger partial charge in [-0.2, -0.15) is 0 Å². The number of halogens is 3. The van der Waals surface area contributed by atoms with E-state index in [9.17, 15) is 9.59 Å². The predicted octanol–water partition coefficient (Wildman–Crippen LogP) is 4.41. The van der Waals surface area contributed by atoms with E-state index < -0.39 is 15.5 Å². The Hall–Kier alpha value is -1.69. The van der Waals surface area contributed by atoms with Crippen molar-refractivity contribution in [3.63, 3.8) is 0 Å². The van der Waals surface area contributed by atoms with Crippen LogP contribution < -0.4 is 5.63 Å². The molecular weight excluding hydrogens is 365 g/mol. The van der Waals surface area contributed by atoms with Crippen molar-refractivity contribution in [2.75, 3.05) is 6.61 Å². The quantitative estimate of drug-likeness (QED) is 0.467. The maximum absolute atomic E-state index is 12.1. The molecule has 0 atom stereocenters. The highest BCUT2D eigenvalue weighted by atomic mass is 35.6. The Bertz CT molecular complexity index is 968. The molecular formula is C15H10Cl3NO4. The number of hydrogen-bond acceptors (Lipinski definition) is 4. The molecule has 23 heavy (non-hydrogen) atoms. The molecule has 5 nitrogen and oxygen atoms in total. The minimum atomic E-state index is -1.69. The van der Waals surface area contributed by atoms with E-state index in [0.717, 1.165) is 10.9 Å². The van der Waals surface area contributed by atoms with E-state index in [4.69, 9.17) is 44.0 Å². The number of ether oxygens (including phenoxy) is 1. The third-order valence-electron chi connectivity index (χ3n) is 3.34. The van der Waals surface area contributed by atoms with E-state index >= 15 is 0 Å². The minimum absolute atomic E-state index is 0.377. The maximum atomic E-state index is 12.1. The van der Waals surface area contributed by atoms with Gasteiger partial charge < -0.3 is 9.15 Å². The van der Waals surface area contributed by atoms with Crippen molar-refractivity contribution >= 4 is 62.8 Å². The summed E-state index contributed by atoms with van der Waals surface area (Å²) in [6.07, 6.45) is 0.813. The van der Waals surface area contributed by atoms with Crippen molar-refractivity contribution in [1.29, 1.82) is 0 Å². The molecule has 8 heteroatoms. The zero-order chi connectivity index (χ0) is 16.8. The molecule has 0 saturated heterocycles. The topological polar surface area (TPSA) is 61.4 Å². The summed E-state index contributed by atoms with van der Waals surface area (Å²) in [6, 6.07) is 6.59. The van der Waals surface area contributed by atoms with E-state index in [1.54, 1.807) is 18.2 Å². The van der Waals surface area contributed by atoms with Crippen LogP contribution in [0.3, 0.4) is 0 Å². The smallest absolute Gasteiger partial charge is 0.418 e. The first kappa shape index (κ1) is 16.2. The third-order valence-corrected chi connectivity index (χ3v) is 3.67. The van der Waals surface area contributed by atoms with Crippen LogP contribution in [-0.2, 0) is 4.74 Å². The molecule has 120 valence electrons. The highest BCUT2D eigenvalue weighted by molar-refractivity contribution is 6.67. The van der Waals surface area contributed by atoms with Crippen LogP contribution in [0.4, 0.5) is 4.79 Å². The fraction of sp³-hybridized carbons (Fsp3) is 0.200. The molecule has 0 radical (unpaired) electrons. The van der Waals surface area contributed by atoms with Crippen molar-refractivity contribution in [1.82, 2.24) is 4.57 Å². The first-order valence-electron chi connectivity index (χ1n) is 6.55. The van der Waals surface area contributed by atoms with Crippen LogP contribution in [-0.4, -0.2) is 21.1 Å². The Morgan fingerprint density at radius 2 is 2.00 bits per heavy atom. The summed E-state index contributed by atoms with van der Waals surface area (Å²) in [7, 11) is 0. The number of hydrogen-bond donors (Lipinski definition) is 0. The normalized spacial score (nSPS) is 12.0. The molecule has 0 saturated carbocycles. The van der Waals surface area contributed by atoms with Gasteiger partial charge in [-0.05, 0) is 30.7 Å². The number of rotatable bonds is 1. The first-order chi connectivity index (χ1) is 10.8. The monoisotopic (exact) mass is 373 g/mol. The lowest BCUT2D eigenvalue weighted by Gasteiger charge is -2.12. The molecule has 0 amide bonds. The van der Waals surface area contributed by atoms with E-state index in [-0.39, 0.29) is 6.61 Å². The van der Waals surface area contributed by atoms with Crippen LogP contribution in [0.25, 0.3) is 21.9 Å². The fourth-order valence-corrected chi connectivity index (χ4v) is 2.53. The molecule has 1 aromatic carbocycles. The highest BCUT2D eigenvalue weighted by Gasteiger charge is 2.23. The molecule has 0 fully saturated rings. The zero-order valence-corrected chi connectivity index (χ0v) is 14.1. The highest BCUT2D eigenvalue weighted by Crippen LogP contribution is 2.29. The predicted molar refractivity (Wildman–Crippen MR) is 89.8 cm³/mol. The van der Waals surface area contributed by atoms with Gasteiger partial charge in [0.1, 0.15) is 12.2 Å². The molecule has 0 aliphatic heterocycles. The van der Waals surface area contributed by atoms with Gasteiger partial charge in [-0.1, -0.05) is 34.8 Å². The van der Waals surface area contributed by atoms with Crippen LogP contribution in [0.15, 0.2) is 39.7 Å². The lowest BCUT2D eigenvalue weighted by molar-refractivity contribution is 0.151. The van der Waals surface area contributed by atoms with Crippen molar-refractivity contribution in [3.8, 4) is 0 Å². The molecule has 3 rings (SSSR count). The molecule has 2 aromatic heterocycles. The molecule has 0 spiro atoms. The Morgan fingerprint density at radius 1 is 1.26 bits per heavy atom. The molecule has 0 unspecified atom stereocenters. The molecule has 0 aliphatic carbocycles. The summed E-state index contributed by atoms with van der Waals surface area (Å²) >= 11 is 16.7. The number of carbonyl (C=O) groups is 1. The number of fused-ring (bicyclic) bond motifs is 3. The second-order valence-electron chi connectivity index (χ2n) is 4.98. The lowest BCUT2D eigenvalue weighted by atomic mass is 10.1. The van der Waals surface area contributed by atoms with Gasteiger partial charge in [0.25, 0.3) is 0 Å². The SMILES string of the molecule is Cc1cc(=O)oc2c1ccc1c2ccn1C(=O)OCC(Cl)(Cl)Cl. The van der Waals surface area contributed by atoms with Gasteiger partial charge in [0.2, 0.25) is 3.79 Å². The average molecular weight is 375 g/mol. The van der Waals surface area contributed by atoms with Gasteiger partial charge in [0.05, 0.1) is 5.52 Å². The largest absolute Gasteiger partial charge is 0.444 e. The number of aromatic nitrogens is 1. The standard InChI is InChI=1S/C15H10Cl3NO4/c1-8-6-12(20)23-13-9(8)2-3-11-10(13)4-5-19(11)14(21)22-7-15(16,17)18/h2-6H,7H2,1H3. The van der Waals surface area contributed by atoms with Crippen molar-refractivity contribution in [2.24, 2.45) is 0 Å². The minimum Gasteiger partial charge on any atom is -0.444 e. The molecule has 3 aromatic rings. The summed E-state index contributed by atoms with van der Waals surface area (Å²) in [4.78, 5) is 23.7. The van der Waals surface area contributed by atoms with E-state index in [2.05, 4.69) is 0 Å². The number of benzene rings is 1. The van der Waals surface area contributed by atoms with Crippen molar-refractivity contribution in [2.45, 2.75) is 10.7 Å². The van der Waals surface area contributed by atoms with Crippen LogP contribution in [0.2, 0.25) is 0 Å². The van der Waals surface area contributed by atoms with Crippen LogP contribution in [0.5, 0.6) is 0 Å². The Labute approximate surface area is 145 Å². The average Bonchev–Trinajstić information content (AvgIpc) is 2.88. The Balaban J connectivity index is 2.10. The third kappa shape index (κ3) is 3.17. The second kappa shape index (κ2) is 5.74. The van der Waals surface area contributed by atoms with E-state index in [0.29, 0.717) is 16.5 Å². The Morgan fingerprint density at radius 3 is 2.70 bits per heavy atom. The number of carbonyl (C=O) groups excluding carboxylic acids is 1. The van der Waals surface area contributed by atoms with Gasteiger partial charge >= 0.3 is 11.7 Å². The summed E-state index contributed by atoms with van der Waals surface area (Å²) < 4.78 is 9.81. The Kier molecular flexibility index (Phi) is 4.04. The van der Waals surface area contributed by atoms with Crippen molar-refractivity contribution < 1.29 is 13.9 Å². The molecule has 0 aliphatic rings. The maximum Gasteiger partial charge on any atom is 0.418 e. The van der Waals surface area contributed by atoms with Gasteiger partial charge in [-0.25, -0.2) is 9.59 Å². The summed E-state index contributed by atoms with van der Waals surface area (Å²) in [5.74, 6) is 0. The second-order valence-corrected chi connectivity index (χ2v) is 7.50. The molecule has 0 bridgehead atoms. The van der Waals surface area contributed by atoms with Crippen LogP contribution in [0, 0.1) is 6.92 Å². The lowest BCUT2D eigenvalue weighted by Crippen LogP contribution is -2.20. The van der Waals surface area contributed by atoms with Crippen LogP contribution in [0.1, 0.15) is 5.56 Å². The van der Waals surface area contributed by atoms with E-state index in [1.165, 1.54) is 16.8 Å². The summed E-state index contributed by atoms with van der Waals surface area (Å²) in [6.45, 7) is 1.44. The summed E-state index contributed by atoms with van der Waals surface area (Å²) in [5.41, 5.74) is 1.29. The number of nitrogens with zero attached hydrogens (tertiary/aromatic N) is 1. The van der Waals surface area contributed by atoms with Crippen LogP contribution >= 0.6 is 34.8 Å². The molecule has 2 heterocycles. The van der Waals surface area contributed by atoms with Gasteiger partial charge in [-0.15, -0.1) is 0 Å². The number of aryl methyl sites for hydroxylation is 1. The number of alkyl halides is 3.